The average molecular weight is 333 g/mol. The van der Waals surface area contributed by atoms with Gasteiger partial charge in [0.1, 0.15) is 0 Å². The van der Waals surface area contributed by atoms with Crippen molar-refractivity contribution in [2.24, 2.45) is 0 Å². The van der Waals surface area contributed by atoms with E-state index in [4.69, 9.17) is 0 Å². The molecule has 7 heteroatoms. The number of anilines is 1. The first-order valence-electron chi connectivity index (χ1n) is 7.51. The number of nitrogens with one attached hydrogen (secondary N) is 1. The van der Waals surface area contributed by atoms with Crippen LogP contribution in [-0.2, 0) is 21.2 Å². The number of rotatable bonds is 3. The predicted molar refractivity (Wildman–Crippen MR) is 90.0 cm³/mol. The molecule has 122 valence electrons. The van der Waals surface area contributed by atoms with Gasteiger partial charge in [0, 0.05) is 37.6 Å². The van der Waals surface area contributed by atoms with Crippen LogP contribution in [0.3, 0.4) is 0 Å². The summed E-state index contributed by atoms with van der Waals surface area (Å²) in [6, 6.07) is 9.52. The molecule has 0 atom stereocenters. The van der Waals surface area contributed by atoms with E-state index in [-0.39, 0.29) is 17.4 Å². The van der Waals surface area contributed by atoms with Crippen LogP contribution in [0.5, 0.6) is 0 Å². The Balaban J connectivity index is 1.74. The van der Waals surface area contributed by atoms with E-state index in [1.165, 1.54) is 6.92 Å². The summed E-state index contributed by atoms with van der Waals surface area (Å²) in [4.78, 5) is 17.8. The summed E-state index contributed by atoms with van der Waals surface area (Å²) in [7, 11) is -2.85. The lowest BCUT2D eigenvalue weighted by atomic mass is 10.1. The third kappa shape index (κ3) is 4.05. The molecule has 0 unspecified atom stereocenters. The lowest BCUT2D eigenvalue weighted by Crippen LogP contribution is -2.39. The number of nitrogens with zero attached hydrogens (tertiary/aromatic N) is 2. The van der Waals surface area contributed by atoms with E-state index in [0.717, 1.165) is 22.3 Å². The molecule has 1 amide bonds. The van der Waals surface area contributed by atoms with Gasteiger partial charge in [-0.25, -0.2) is 8.42 Å². The Morgan fingerprint density at radius 1 is 1.22 bits per heavy atom. The van der Waals surface area contributed by atoms with Gasteiger partial charge in [0.25, 0.3) is 0 Å². The van der Waals surface area contributed by atoms with Crippen LogP contribution >= 0.6 is 0 Å². The number of fused-ring (bicyclic) bond motifs is 1. The number of hydrogen-bond acceptors (Lipinski definition) is 5. The zero-order valence-electron chi connectivity index (χ0n) is 12.9. The molecule has 1 aromatic heterocycles. The minimum Gasteiger partial charge on any atom is -0.326 e. The van der Waals surface area contributed by atoms with E-state index in [0.29, 0.717) is 19.6 Å². The molecule has 0 spiro atoms. The number of sulfone groups is 1. The number of amides is 1. The van der Waals surface area contributed by atoms with Crippen LogP contribution in [0.2, 0.25) is 0 Å². The molecule has 2 heterocycles. The van der Waals surface area contributed by atoms with Gasteiger partial charge < -0.3 is 5.32 Å². The Labute approximate surface area is 135 Å². The molecule has 2 aromatic rings. The van der Waals surface area contributed by atoms with Gasteiger partial charge in [-0.05, 0) is 24.3 Å². The van der Waals surface area contributed by atoms with E-state index < -0.39 is 9.84 Å². The number of hydrogen-bond donors (Lipinski definition) is 1. The quantitative estimate of drug-likeness (QED) is 0.919. The molecule has 23 heavy (non-hydrogen) atoms. The summed E-state index contributed by atoms with van der Waals surface area (Å²) in [6.07, 6.45) is 0. The molecule has 1 fully saturated rings. The van der Waals surface area contributed by atoms with E-state index in [1.807, 2.05) is 30.3 Å². The van der Waals surface area contributed by atoms with E-state index in [1.54, 1.807) is 0 Å². The molecular weight excluding hydrogens is 314 g/mol. The molecule has 0 radical (unpaired) electrons. The van der Waals surface area contributed by atoms with Crippen molar-refractivity contribution in [3.05, 3.63) is 36.0 Å². The normalized spacial score (nSPS) is 18.0. The highest BCUT2D eigenvalue weighted by Crippen LogP contribution is 2.19. The molecule has 1 aliphatic heterocycles. The largest absolute Gasteiger partial charge is 0.326 e. The number of carbonyl (C=O) groups excluding carboxylic acids is 1. The lowest BCUT2D eigenvalue weighted by Gasteiger charge is -2.26. The Hall–Kier alpha value is -1.99. The van der Waals surface area contributed by atoms with Crippen molar-refractivity contribution in [1.82, 2.24) is 9.88 Å². The molecule has 0 bridgehead atoms. The summed E-state index contributed by atoms with van der Waals surface area (Å²) >= 11 is 0. The van der Waals surface area contributed by atoms with Gasteiger partial charge >= 0.3 is 0 Å². The summed E-state index contributed by atoms with van der Waals surface area (Å²) in [5.41, 5.74) is 2.53. The van der Waals surface area contributed by atoms with Crippen molar-refractivity contribution in [2.45, 2.75) is 13.5 Å². The number of pyridine rings is 1. The van der Waals surface area contributed by atoms with Crippen LogP contribution in [0.4, 0.5) is 5.69 Å². The second-order valence-corrected chi connectivity index (χ2v) is 8.12. The standard InChI is InChI=1S/C16H19N3O3S/c1-12(20)17-14-4-5-16-13(10-14)2-3-15(18-16)11-19-6-8-23(21,22)9-7-19/h2-5,10H,6-9,11H2,1H3,(H,17,20). The number of benzene rings is 1. The van der Waals surface area contributed by atoms with Crippen molar-refractivity contribution in [3.63, 3.8) is 0 Å². The first-order valence-corrected chi connectivity index (χ1v) is 9.33. The Bertz CT molecular complexity index is 835. The zero-order valence-corrected chi connectivity index (χ0v) is 13.8. The highest BCUT2D eigenvalue weighted by atomic mass is 32.2. The van der Waals surface area contributed by atoms with Crippen molar-refractivity contribution in [1.29, 1.82) is 0 Å². The first-order chi connectivity index (χ1) is 10.9. The van der Waals surface area contributed by atoms with Crippen molar-refractivity contribution < 1.29 is 13.2 Å². The van der Waals surface area contributed by atoms with Gasteiger partial charge in [-0.2, -0.15) is 0 Å². The summed E-state index contributed by atoms with van der Waals surface area (Å²) in [6.45, 7) is 3.25. The fourth-order valence-electron chi connectivity index (χ4n) is 2.67. The minimum absolute atomic E-state index is 0.103. The first kappa shape index (κ1) is 15.9. The zero-order chi connectivity index (χ0) is 16.4. The Morgan fingerprint density at radius 3 is 2.65 bits per heavy atom. The van der Waals surface area contributed by atoms with Crippen LogP contribution in [0.15, 0.2) is 30.3 Å². The molecule has 1 aromatic carbocycles. The highest BCUT2D eigenvalue weighted by molar-refractivity contribution is 7.91. The molecule has 1 N–H and O–H groups in total. The van der Waals surface area contributed by atoms with Gasteiger partial charge in [-0.1, -0.05) is 6.07 Å². The van der Waals surface area contributed by atoms with E-state index in [2.05, 4.69) is 15.2 Å². The fraction of sp³-hybridized carbons (Fsp3) is 0.375. The number of aromatic nitrogens is 1. The molecule has 0 aliphatic carbocycles. The molecule has 3 rings (SSSR count). The van der Waals surface area contributed by atoms with E-state index >= 15 is 0 Å². The maximum atomic E-state index is 11.5. The fourth-order valence-corrected chi connectivity index (χ4v) is 3.95. The van der Waals surface area contributed by atoms with Gasteiger partial charge in [0.15, 0.2) is 9.84 Å². The van der Waals surface area contributed by atoms with E-state index in [9.17, 15) is 13.2 Å². The maximum Gasteiger partial charge on any atom is 0.221 e. The molecule has 0 saturated carbocycles. The van der Waals surface area contributed by atoms with Crippen LogP contribution in [0, 0.1) is 0 Å². The minimum atomic E-state index is -2.85. The second kappa shape index (κ2) is 6.25. The molecular formula is C16H19N3O3S. The summed E-state index contributed by atoms with van der Waals surface area (Å²) < 4.78 is 22.9. The summed E-state index contributed by atoms with van der Waals surface area (Å²) in [5.74, 6) is 0.343. The third-order valence-corrected chi connectivity index (χ3v) is 5.50. The van der Waals surface area contributed by atoms with Crippen molar-refractivity contribution >= 4 is 32.3 Å². The number of carbonyl (C=O) groups is 1. The van der Waals surface area contributed by atoms with Crippen molar-refractivity contribution in [3.8, 4) is 0 Å². The van der Waals surface area contributed by atoms with Gasteiger partial charge in [-0.15, -0.1) is 0 Å². The van der Waals surface area contributed by atoms with Gasteiger partial charge in [-0.3, -0.25) is 14.7 Å². The topological polar surface area (TPSA) is 79.4 Å². The van der Waals surface area contributed by atoms with Gasteiger partial charge in [0.05, 0.1) is 22.7 Å². The van der Waals surface area contributed by atoms with Gasteiger partial charge in [0.2, 0.25) is 5.91 Å². The second-order valence-electron chi connectivity index (χ2n) is 5.82. The predicted octanol–water partition coefficient (Wildman–Crippen LogP) is 1.42. The van der Waals surface area contributed by atoms with Crippen LogP contribution in [0.1, 0.15) is 12.6 Å². The molecule has 1 aliphatic rings. The summed E-state index contributed by atoms with van der Waals surface area (Å²) in [5, 5.41) is 3.71. The monoisotopic (exact) mass is 333 g/mol. The lowest BCUT2D eigenvalue weighted by molar-refractivity contribution is -0.114. The van der Waals surface area contributed by atoms with Crippen LogP contribution in [0.25, 0.3) is 10.9 Å². The van der Waals surface area contributed by atoms with Crippen LogP contribution in [-0.4, -0.2) is 48.8 Å². The maximum absolute atomic E-state index is 11.5. The van der Waals surface area contributed by atoms with Crippen LogP contribution < -0.4 is 5.32 Å². The molecule has 1 saturated heterocycles. The third-order valence-electron chi connectivity index (χ3n) is 3.89. The van der Waals surface area contributed by atoms with Crippen molar-refractivity contribution in [2.75, 3.05) is 29.9 Å². The Kier molecular flexibility index (Phi) is 4.32. The molecule has 6 nitrogen and oxygen atoms in total. The average Bonchev–Trinajstić information content (AvgIpc) is 2.49. The smallest absolute Gasteiger partial charge is 0.221 e. The highest BCUT2D eigenvalue weighted by Gasteiger charge is 2.21. The SMILES string of the molecule is CC(=O)Nc1ccc2nc(CN3CCS(=O)(=O)CC3)ccc2c1. The Morgan fingerprint density at radius 2 is 1.96 bits per heavy atom.